The topological polar surface area (TPSA) is 60.9 Å². The van der Waals surface area contributed by atoms with E-state index >= 15 is 0 Å². The van der Waals surface area contributed by atoms with E-state index in [0.29, 0.717) is 17.3 Å². The molecular weight excluding hydrogens is 346 g/mol. The van der Waals surface area contributed by atoms with Crippen LogP contribution in [-0.4, -0.2) is 26.3 Å². The van der Waals surface area contributed by atoms with Crippen LogP contribution in [0.2, 0.25) is 0 Å². The first kappa shape index (κ1) is 18.5. The molecule has 0 unspecified atom stereocenters. The smallest absolute Gasteiger partial charge is 0.200 e. The molecule has 0 aliphatic carbocycles. The van der Waals surface area contributed by atoms with Crippen molar-refractivity contribution in [3.05, 3.63) is 53.3 Å². The quantitative estimate of drug-likeness (QED) is 0.416. The van der Waals surface area contributed by atoms with Gasteiger partial charge in [0.25, 0.3) is 0 Å². The number of carbonyl (C=O) groups is 1. The molecule has 6 heteroatoms. The molecule has 0 spiro atoms. The third-order valence-corrected chi connectivity index (χ3v) is 5.18. The molecule has 26 heavy (non-hydrogen) atoms. The summed E-state index contributed by atoms with van der Waals surface area (Å²) in [5.74, 6) is 1.86. The van der Waals surface area contributed by atoms with Crippen molar-refractivity contribution in [1.82, 2.24) is 14.8 Å². The molecule has 0 amide bonds. The van der Waals surface area contributed by atoms with Crippen molar-refractivity contribution in [2.24, 2.45) is 0 Å². The third kappa shape index (κ3) is 4.07. The first-order valence-corrected chi connectivity index (χ1v) is 9.79. The van der Waals surface area contributed by atoms with E-state index in [4.69, 9.17) is 4.42 Å². The lowest BCUT2D eigenvalue weighted by Gasteiger charge is -2.09. The number of hydrogen-bond acceptors (Lipinski definition) is 5. The first-order chi connectivity index (χ1) is 12.6. The molecule has 3 rings (SSSR count). The Labute approximate surface area is 157 Å². The summed E-state index contributed by atoms with van der Waals surface area (Å²) in [6, 6.07) is 9.64. The fourth-order valence-corrected chi connectivity index (χ4v) is 3.68. The minimum absolute atomic E-state index is 0.108. The van der Waals surface area contributed by atoms with Crippen LogP contribution in [0.5, 0.6) is 0 Å². The van der Waals surface area contributed by atoms with Crippen LogP contribution in [0.15, 0.2) is 46.2 Å². The van der Waals surface area contributed by atoms with Gasteiger partial charge in [-0.1, -0.05) is 48.9 Å². The summed E-state index contributed by atoms with van der Waals surface area (Å²) in [5.41, 5.74) is 2.95. The number of aryl methyl sites for hydroxylation is 2. The van der Waals surface area contributed by atoms with Gasteiger partial charge in [0, 0.05) is 12.1 Å². The van der Waals surface area contributed by atoms with Crippen molar-refractivity contribution in [2.75, 3.05) is 5.75 Å². The maximum Gasteiger partial charge on any atom is 0.200 e. The van der Waals surface area contributed by atoms with Crippen LogP contribution >= 0.6 is 11.8 Å². The van der Waals surface area contributed by atoms with E-state index in [1.165, 1.54) is 11.8 Å². The van der Waals surface area contributed by atoms with Crippen LogP contribution in [0.25, 0.3) is 11.6 Å². The van der Waals surface area contributed by atoms with Gasteiger partial charge in [-0.15, -0.1) is 10.2 Å². The summed E-state index contributed by atoms with van der Waals surface area (Å²) in [6.45, 7) is 6.96. The number of nitrogens with zero attached hydrogens (tertiary/aromatic N) is 3. The molecule has 0 aliphatic heterocycles. The molecule has 3 aromatic rings. The number of rotatable bonds is 8. The number of unbranched alkanes of at least 4 members (excludes halogenated alkanes) is 1. The van der Waals surface area contributed by atoms with E-state index in [-0.39, 0.29) is 5.78 Å². The Bertz CT molecular complexity index is 885. The fraction of sp³-hybridized carbons (Fsp3) is 0.350. The van der Waals surface area contributed by atoms with Crippen molar-refractivity contribution in [2.45, 2.75) is 45.3 Å². The molecule has 136 valence electrons. The maximum atomic E-state index is 12.6. The number of benzene rings is 1. The monoisotopic (exact) mass is 369 g/mol. The molecule has 2 aromatic heterocycles. The Kier molecular flexibility index (Phi) is 5.93. The highest BCUT2D eigenvalue weighted by atomic mass is 32.2. The van der Waals surface area contributed by atoms with Gasteiger partial charge in [-0.05, 0) is 38.0 Å². The van der Waals surface area contributed by atoms with Gasteiger partial charge in [-0.3, -0.25) is 9.36 Å². The lowest BCUT2D eigenvalue weighted by molar-refractivity contribution is 0.102. The molecule has 0 fully saturated rings. The second-order valence-corrected chi connectivity index (χ2v) is 7.26. The summed E-state index contributed by atoms with van der Waals surface area (Å²) in [6.07, 6.45) is 3.72. The van der Waals surface area contributed by atoms with Crippen molar-refractivity contribution >= 4 is 17.5 Å². The zero-order chi connectivity index (χ0) is 18.5. The van der Waals surface area contributed by atoms with Crippen molar-refractivity contribution in [3.8, 4) is 11.6 Å². The highest BCUT2D eigenvalue weighted by Crippen LogP contribution is 2.26. The molecule has 0 radical (unpaired) electrons. The van der Waals surface area contributed by atoms with Gasteiger partial charge in [0.1, 0.15) is 0 Å². The predicted octanol–water partition coefficient (Wildman–Crippen LogP) is 4.93. The Morgan fingerprint density at radius 2 is 2.08 bits per heavy atom. The summed E-state index contributed by atoms with van der Waals surface area (Å²) in [5, 5.41) is 9.32. The predicted molar refractivity (Wildman–Crippen MR) is 104 cm³/mol. The molecule has 0 saturated carbocycles. The number of aromatic nitrogens is 3. The lowest BCUT2D eigenvalue weighted by Crippen LogP contribution is -2.07. The SMILES string of the molecule is CCCCn1c(SCC(=O)c2ccc(C)cc2C)nnc1-c1ccco1. The van der Waals surface area contributed by atoms with Gasteiger partial charge in [0.2, 0.25) is 0 Å². The second-order valence-electron chi connectivity index (χ2n) is 6.32. The minimum Gasteiger partial charge on any atom is -0.461 e. The highest BCUT2D eigenvalue weighted by molar-refractivity contribution is 7.99. The van der Waals surface area contributed by atoms with E-state index in [0.717, 1.165) is 41.2 Å². The minimum atomic E-state index is 0.108. The van der Waals surface area contributed by atoms with Gasteiger partial charge >= 0.3 is 0 Å². The van der Waals surface area contributed by atoms with Gasteiger partial charge in [-0.2, -0.15) is 0 Å². The molecule has 0 N–H and O–H groups in total. The normalized spacial score (nSPS) is 11.0. The van der Waals surface area contributed by atoms with Gasteiger partial charge in [-0.25, -0.2) is 0 Å². The Morgan fingerprint density at radius 3 is 2.77 bits per heavy atom. The third-order valence-electron chi connectivity index (χ3n) is 4.21. The van der Waals surface area contributed by atoms with Crippen molar-refractivity contribution in [3.63, 3.8) is 0 Å². The fourth-order valence-electron chi connectivity index (χ4n) is 2.84. The van der Waals surface area contributed by atoms with E-state index in [9.17, 15) is 4.79 Å². The van der Waals surface area contributed by atoms with Crippen LogP contribution in [0.1, 0.15) is 41.3 Å². The van der Waals surface area contributed by atoms with E-state index in [2.05, 4.69) is 17.1 Å². The summed E-state index contributed by atoms with van der Waals surface area (Å²) < 4.78 is 7.52. The average Bonchev–Trinajstić information content (AvgIpc) is 3.27. The lowest BCUT2D eigenvalue weighted by atomic mass is 10.0. The number of hydrogen-bond donors (Lipinski definition) is 0. The van der Waals surface area contributed by atoms with Crippen molar-refractivity contribution < 1.29 is 9.21 Å². The van der Waals surface area contributed by atoms with Gasteiger partial charge < -0.3 is 4.42 Å². The Morgan fingerprint density at radius 1 is 1.23 bits per heavy atom. The van der Waals surface area contributed by atoms with Crippen LogP contribution in [0.4, 0.5) is 0 Å². The zero-order valence-corrected chi connectivity index (χ0v) is 16.2. The Balaban J connectivity index is 1.78. The van der Waals surface area contributed by atoms with Crippen LogP contribution in [-0.2, 0) is 6.54 Å². The maximum absolute atomic E-state index is 12.6. The molecule has 0 aliphatic rings. The first-order valence-electron chi connectivity index (χ1n) is 8.80. The largest absolute Gasteiger partial charge is 0.461 e. The number of thioether (sulfide) groups is 1. The standard InChI is InChI=1S/C20H23N3O2S/c1-4-5-10-23-19(18-7-6-11-25-18)21-22-20(23)26-13-17(24)16-9-8-14(2)12-15(16)3/h6-9,11-12H,4-5,10,13H2,1-3H3. The second kappa shape index (κ2) is 8.36. The molecule has 0 saturated heterocycles. The number of furan rings is 1. The molecule has 0 bridgehead atoms. The molecule has 2 heterocycles. The number of carbonyl (C=O) groups excluding carboxylic acids is 1. The molecule has 1 aromatic carbocycles. The molecule has 0 atom stereocenters. The van der Waals surface area contributed by atoms with E-state index < -0.39 is 0 Å². The summed E-state index contributed by atoms with van der Waals surface area (Å²) in [7, 11) is 0. The molecular formula is C20H23N3O2S. The van der Waals surface area contributed by atoms with Crippen LogP contribution in [0, 0.1) is 13.8 Å². The summed E-state index contributed by atoms with van der Waals surface area (Å²) in [4.78, 5) is 12.6. The molecule has 5 nitrogen and oxygen atoms in total. The van der Waals surface area contributed by atoms with Gasteiger partial charge in [0.05, 0.1) is 12.0 Å². The van der Waals surface area contributed by atoms with E-state index in [1.54, 1.807) is 6.26 Å². The zero-order valence-electron chi connectivity index (χ0n) is 15.4. The Hall–Kier alpha value is -2.34. The van der Waals surface area contributed by atoms with Crippen molar-refractivity contribution in [1.29, 1.82) is 0 Å². The van der Waals surface area contributed by atoms with Gasteiger partial charge in [0.15, 0.2) is 22.5 Å². The summed E-state index contributed by atoms with van der Waals surface area (Å²) >= 11 is 1.43. The van der Waals surface area contributed by atoms with Crippen LogP contribution in [0.3, 0.4) is 0 Å². The number of ketones is 1. The average molecular weight is 369 g/mol. The van der Waals surface area contributed by atoms with Crippen LogP contribution < -0.4 is 0 Å². The number of Topliss-reactive ketones (excluding diaryl/α,β-unsaturated/α-hetero) is 1. The van der Waals surface area contributed by atoms with E-state index in [1.807, 2.05) is 48.7 Å². The highest BCUT2D eigenvalue weighted by Gasteiger charge is 2.18.